The van der Waals surface area contributed by atoms with E-state index in [1.807, 2.05) is 0 Å². The molecule has 0 radical (unpaired) electrons. The average Bonchev–Trinajstić information content (AvgIpc) is 2.58. The van der Waals surface area contributed by atoms with Crippen LogP contribution in [0.1, 0.15) is 12.0 Å². The summed E-state index contributed by atoms with van der Waals surface area (Å²) in [5, 5.41) is 0. The standard InChI is InChI=1S/C13H27NO9P4S2/c15-26(16,17)10-14(11-27(18,19)20)7-6-12-2-4-13(5-3-12)23-25(29)22-9-1-8-21-24-28/h2-5,15-20,25-27H,1,6-11H2. The molecular formula is C13H27NO9P4S2. The Hall–Kier alpha value is 0.690. The van der Waals surface area contributed by atoms with E-state index in [4.69, 9.17) is 25.4 Å². The first-order valence-electron chi connectivity index (χ1n) is 8.43. The average molecular weight is 529 g/mol. The third-order valence-corrected chi connectivity index (χ3v) is 7.16. The molecule has 0 saturated heterocycles. The molecule has 0 aromatic heterocycles. The molecule has 0 aliphatic carbocycles. The Bertz CT molecular complexity index is 627. The second-order valence-electron chi connectivity index (χ2n) is 6.12. The molecule has 1 unspecified atom stereocenters. The molecule has 1 aromatic rings. The number of hydrogen-bond acceptors (Lipinski definition) is 12. The molecule has 1 aromatic carbocycles. The summed E-state index contributed by atoms with van der Waals surface area (Å²) in [5.74, 6) is 0.551. The molecule has 0 fully saturated rings. The minimum atomic E-state index is -4.45. The molecule has 0 aliphatic heterocycles. The van der Waals surface area contributed by atoms with E-state index < -0.39 is 35.6 Å². The molecule has 6 N–H and O–H groups in total. The predicted molar refractivity (Wildman–Crippen MR) is 124 cm³/mol. The molecule has 0 saturated carbocycles. The SMILES string of the molecule is O[PH](O)(O)CN(CCc1ccc(O[PH](=S)OCCCOP=S)cc1)C[PH](O)(O)O. The molecule has 16 heteroatoms. The van der Waals surface area contributed by atoms with E-state index in [9.17, 15) is 29.4 Å². The second-order valence-corrected chi connectivity index (χ2v) is 12.7. The summed E-state index contributed by atoms with van der Waals surface area (Å²) in [6, 6.07) is 6.98. The zero-order valence-electron chi connectivity index (χ0n) is 15.4. The van der Waals surface area contributed by atoms with Gasteiger partial charge in [0.2, 0.25) is 0 Å². The third kappa shape index (κ3) is 15.2. The summed E-state index contributed by atoms with van der Waals surface area (Å²) in [4.78, 5) is 56.6. The summed E-state index contributed by atoms with van der Waals surface area (Å²) in [5.41, 5.74) is 0.851. The van der Waals surface area contributed by atoms with Crippen molar-refractivity contribution in [2.45, 2.75) is 12.8 Å². The molecule has 1 rings (SSSR count). The van der Waals surface area contributed by atoms with Gasteiger partial charge in [-0.1, -0.05) is 0 Å². The molecule has 0 heterocycles. The fraction of sp³-hybridized carbons (Fsp3) is 0.538. The quantitative estimate of drug-likeness (QED) is 0.142. The molecule has 0 amide bonds. The van der Waals surface area contributed by atoms with Gasteiger partial charge in [-0.25, -0.2) is 0 Å². The van der Waals surface area contributed by atoms with Crippen LogP contribution in [0.25, 0.3) is 0 Å². The maximum absolute atomic E-state index is 9.24. The van der Waals surface area contributed by atoms with Crippen LogP contribution in [0.2, 0.25) is 0 Å². The van der Waals surface area contributed by atoms with Crippen LogP contribution in [0.4, 0.5) is 0 Å². The fourth-order valence-electron chi connectivity index (χ4n) is 2.27. The molecule has 1 atom stereocenters. The van der Waals surface area contributed by atoms with Crippen LogP contribution in [-0.2, 0) is 39.1 Å². The van der Waals surface area contributed by atoms with E-state index in [1.54, 1.807) is 24.3 Å². The first-order chi connectivity index (χ1) is 13.5. The Morgan fingerprint density at radius 1 is 0.966 bits per heavy atom. The van der Waals surface area contributed by atoms with Gasteiger partial charge in [-0.15, -0.1) is 0 Å². The first kappa shape index (κ1) is 27.7. The molecule has 0 aliphatic rings. The number of rotatable bonds is 15. The second kappa shape index (κ2) is 14.0. The van der Waals surface area contributed by atoms with Crippen molar-refractivity contribution in [1.82, 2.24) is 4.90 Å². The van der Waals surface area contributed by atoms with Gasteiger partial charge < -0.3 is 4.52 Å². The van der Waals surface area contributed by atoms with Gasteiger partial charge in [-0.05, 0) is 18.2 Å². The van der Waals surface area contributed by atoms with Gasteiger partial charge in [0.05, 0.1) is 6.61 Å². The number of nitrogens with zero attached hydrogens (tertiary/aromatic N) is 1. The van der Waals surface area contributed by atoms with Gasteiger partial charge in [0.25, 0.3) is 0 Å². The summed E-state index contributed by atoms with van der Waals surface area (Å²) in [6.07, 6.45) is -0.00627. The van der Waals surface area contributed by atoms with Crippen molar-refractivity contribution in [1.29, 1.82) is 0 Å². The number of hydrogen-bond donors (Lipinski definition) is 6. The molecule has 0 spiro atoms. The summed E-state index contributed by atoms with van der Waals surface area (Å²) >= 11 is 9.80. The predicted octanol–water partition coefficient (Wildman–Crippen LogP) is 1.02. The van der Waals surface area contributed by atoms with Gasteiger partial charge in [-0.2, -0.15) is 0 Å². The molecule has 29 heavy (non-hydrogen) atoms. The van der Waals surface area contributed by atoms with Crippen molar-refractivity contribution < 1.29 is 42.9 Å². The van der Waals surface area contributed by atoms with Crippen LogP contribution in [0, 0.1) is 0 Å². The van der Waals surface area contributed by atoms with E-state index in [0.717, 1.165) is 5.56 Å². The topological polar surface area (TPSA) is 152 Å². The summed E-state index contributed by atoms with van der Waals surface area (Å²) < 4.78 is 16.0. The monoisotopic (exact) mass is 529 g/mol. The van der Waals surface area contributed by atoms with Gasteiger partial charge in [0.15, 0.2) is 0 Å². The Morgan fingerprint density at radius 3 is 2.07 bits per heavy atom. The zero-order chi connectivity index (χ0) is 21.9. The van der Waals surface area contributed by atoms with E-state index in [2.05, 4.69) is 11.8 Å². The van der Waals surface area contributed by atoms with Crippen LogP contribution in [0.15, 0.2) is 24.3 Å². The summed E-state index contributed by atoms with van der Waals surface area (Å²) in [7, 11) is -10.3. The minimum absolute atomic E-state index is 0.165. The van der Waals surface area contributed by atoms with Crippen LogP contribution >= 0.6 is 30.6 Å². The van der Waals surface area contributed by atoms with Crippen molar-refractivity contribution in [3.8, 4) is 5.75 Å². The fourth-order valence-corrected chi connectivity index (χ4v) is 5.90. The Balaban J connectivity index is 2.49. The molecule has 10 nitrogen and oxygen atoms in total. The molecular weight excluding hydrogens is 502 g/mol. The zero-order valence-corrected chi connectivity index (χ0v) is 20.9. The van der Waals surface area contributed by atoms with Gasteiger partial charge >= 0.3 is 146 Å². The first-order valence-corrected chi connectivity index (χ1v) is 16.8. The van der Waals surface area contributed by atoms with Gasteiger partial charge in [-0.3, -0.25) is 0 Å². The van der Waals surface area contributed by atoms with Crippen LogP contribution in [0.3, 0.4) is 0 Å². The van der Waals surface area contributed by atoms with Gasteiger partial charge in [0.1, 0.15) is 7.58 Å². The van der Waals surface area contributed by atoms with Crippen LogP contribution < -0.4 is 4.52 Å². The Kier molecular flexibility index (Phi) is 13.3. The maximum atomic E-state index is 9.24. The molecule has 0 bridgehead atoms. The molecule has 170 valence electrons. The normalized spacial score (nSPS) is 14.9. The Labute approximate surface area is 182 Å². The van der Waals surface area contributed by atoms with Crippen LogP contribution in [-0.4, -0.2) is 66.6 Å². The third-order valence-electron chi connectivity index (χ3n) is 3.37. The van der Waals surface area contributed by atoms with Crippen molar-refractivity contribution in [2.75, 3.05) is 32.3 Å². The van der Waals surface area contributed by atoms with Crippen LogP contribution in [0.5, 0.6) is 5.75 Å². The van der Waals surface area contributed by atoms with Crippen molar-refractivity contribution in [3.63, 3.8) is 0 Å². The van der Waals surface area contributed by atoms with Crippen molar-refractivity contribution in [3.05, 3.63) is 29.8 Å². The van der Waals surface area contributed by atoms with E-state index in [0.29, 0.717) is 39.4 Å². The summed E-state index contributed by atoms with van der Waals surface area (Å²) in [6.45, 7) is 1.09. The van der Waals surface area contributed by atoms with E-state index >= 15 is 0 Å². The van der Waals surface area contributed by atoms with E-state index in [-0.39, 0.29) is 6.54 Å². The number of benzene rings is 1. The van der Waals surface area contributed by atoms with Crippen molar-refractivity contribution >= 4 is 54.2 Å². The van der Waals surface area contributed by atoms with Crippen molar-refractivity contribution in [2.24, 2.45) is 0 Å². The van der Waals surface area contributed by atoms with Gasteiger partial charge in [0, 0.05) is 0 Å². The Morgan fingerprint density at radius 2 is 1.55 bits per heavy atom. The van der Waals surface area contributed by atoms with E-state index in [1.165, 1.54) is 4.90 Å².